The number of aromatic hydroxyl groups is 2. The fraction of sp³-hybridized carbons (Fsp3) is 0.0625. The standard InChI is InChI=1S/C16H11NO3/c1-9-4-10(2-3-14(9)19)15-7-11-5-13(18)6-12(8-17)16(11)20-15/h2-7,18-19H,1H3. The molecule has 0 spiro atoms. The molecule has 0 aliphatic carbocycles. The molecule has 20 heavy (non-hydrogen) atoms. The van der Waals surface area contributed by atoms with Crippen LogP contribution in [0.2, 0.25) is 0 Å². The van der Waals surface area contributed by atoms with Crippen molar-refractivity contribution in [2.75, 3.05) is 0 Å². The van der Waals surface area contributed by atoms with Gasteiger partial charge in [0.15, 0.2) is 5.58 Å². The monoisotopic (exact) mass is 265 g/mol. The summed E-state index contributed by atoms with van der Waals surface area (Å²) in [7, 11) is 0. The highest BCUT2D eigenvalue weighted by Crippen LogP contribution is 2.33. The van der Waals surface area contributed by atoms with Crippen LogP contribution in [-0.2, 0) is 0 Å². The lowest BCUT2D eigenvalue weighted by Gasteiger charge is -2.01. The molecule has 0 aliphatic rings. The maximum Gasteiger partial charge on any atom is 0.152 e. The van der Waals surface area contributed by atoms with Gasteiger partial charge in [-0.05, 0) is 42.8 Å². The first-order valence-electron chi connectivity index (χ1n) is 6.05. The third-order valence-corrected chi connectivity index (χ3v) is 3.20. The van der Waals surface area contributed by atoms with Gasteiger partial charge in [-0.2, -0.15) is 5.26 Å². The van der Waals surface area contributed by atoms with Crippen molar-refractivity contribution in [3.8, 4) is 28.9 Å². The minimum atomic E-state index is 0.0308. The summed E-state index contributed by atoms with van der Waals surface area (Å²) in [5, 5.41) is 28.9. The summed E-state index contributed by atoms with van der Waals surface area (Å²) in [6.45, 7) is 1.80. The SMILES string of the molecule is Cc1cc(-c2cc3cc(O)cc(C#N)c3o2)ccc1O. The third-order valence-electron chi connectivity index (χ3n) is 3.20. The van der Waals surface area contributed by atoms with Gasteiger partial charge < -0.3 is 14.6 Å². The number of fused-ring (bicyclic) bond motifs is 1. The van der Waals surface area contributed by atoms with Crippen LogP contribution in [0, 0.1) is 18.3 Å². The molecule has 0 fully saturated rings. The van der Waals surface area contributed by atoms with E-state index in [0.29, 0.717) is 22.3 Å². The van der Waals surface area contributed by atoms with Gasteiger partial charge in [-0.25, -0.2) is 0 Å². The molecule has 3 rings (SSSR count). The second-order valence-electron chi connectivity index (χ2n) is 4.64. The zero-order valence-corrected chi connectivity index (χ0v) is 10.7. The van der Waals surface area contributed by atoms with E-state index in [1.807, 2.05) is 6.07 Å². The lowest BCUT2D eigenvalue weighted by Crippen LogP contribution is -1.77. The highest BCUT2D eigenvalue weighted by Gasteiger charge is 2.12. The van der Waals surface area contributed by atoms with Gasteiger partial charge in [0.2, 0.25) is 0 Å². The molecule has 0 radical (unpaired) electrons. The van der Waals surface area contributed by atoms with Gasteiger partial charge in [0, 0.05) is 17.0 Å². The Morgan fingerprint density at radius 2 is 1.90 bits per heavy atom. The van der Waals surface area contributed by atoms with Gasteiger partial charge in [0.05, 0.1) is 5.56 Å². The lowest BCUT2D eigenvalue weighted by atomic mass is 10.1. The maximum atomic E-state index is 9.58. The number of nitrogens with zero attached hydrogens (tertiary/aromatic N) is 1. The van der Waals surface area contributed by atoms with Crippen molar-refractivity contribution in [3.63, 3.8) is 0 Å². The summed E-state index contributed by atoms with van der Waals surface area (Å²) < 4.78 is 5.71. The Hall–Kier alpha value is -2.93. The second-order valence-corrected chi connectivity index (χ2v) is 4.64. The summed E-state index contributed by atoms with van der Waals surface area (Å²) in [5.74, 6) is 0.841. The third kappa shape index (κ3) is 1.86. The van der Waals surface area contributed by atoms with E-state index in [4.69, 9.17) is 9.68 Å². The first kappa shape index (κ1) is 12.1. The van der Waals surface area contributed by atoms with Crippen LogP contribution in [0.1, 0.15) is 11.1 Å². The number of hydrogen-bond donors (Lipinski definition) is 2. The van der Waals surface area contributed by atoms with Gasteiger partial charge in [0.25, 0.3) is 0 Å². The molecule has 0 saturated heterocycles. The summed E-state index contributed by atoms with van der Waals surface area (Å²) in [4.78, 5) is 0. The number of nitriles is 1. The summed E-state index contributed by atoms with van der Waals surface area (Å²) in [5.41, 5.74) is 2.29. The van der Waals surface area contributed by atoms with E-state index >= 15 is 0 Å². The van der Waals surface area contributed by atoms with E-state index in [-0.39, 0.29) is 11.5 Å². The van der Waals surface area contributed by atoms with Crippen molar-refractivity contribution in [1.82, 2.24) is 0 Å². The number of rotatable bonds is 1. The van der Waals surface area contributed by atoms with E-state index in [2.05, 4.69) is 0 Å². The smallest absolute Gasteiger partial charge is 0.152 e. The molecule has 0 atom stereocenters. The number of furan rings is 1. The van der Waals surface area contributed by atoms with Gasteiger partial charge in [-0.1, -0.05) is 0 Å². The van der Waals surface area contributed by atoms with Crippen molar-refractivity contribution < 1.29 is 14.6 Å². The Labute approximate surface area is 115 Å². The van der Waals surface area contributed by atoms with E-state index in [1.165, 1.54) is 6.07 Å². The summed E-state index contributed by atoms with van der Waals surface area (Å²) in [6, 6.07) is 11.8. The molecule has 0 amide bonds. The molecule has 98 valence electrons. The Balaban J connectivity index is 2.23. The minimum Gasteiger partial charge on any atom is -0.508 e. The topological polar surface area (TPSA) is 77.4 Å². The molecule has 4 nitrogen and oxygen atoms in total. The highest BCUT2D eigenvalue weighted by molar-refractivity contribution is 5.88. The zero-order valence-electron chi connectivity index (χ0n) is 10.7. The Bertz CT molecular complexity index is 856. The van der Waals surface area contributed by atoms with E-state index in [1.54, 1.807) is 37.3 Å². The molecule has 4 heteroatoms. The van der Waals surface area contributed by atoms with Crippen LogP contribution >= 0.6 is 0 Å². The van der Waals surface area contributed by atoms with Crippen LogP contribution in [0.4, 0.5) is 0 Å². The minimum absolute atomic E-state index is 0.0308. The quantitative estimate of drug-likeness (QED) is 0.703. The van der Waals surface area contributed by atoms with E-state index < -0.39 is 0 Å². The molecular formula is C16H11NO3. The average Bonchev–Trinajstić information content (AvgIpc) is 2.84. The lowest BCUT2D eigenvalue weighted by molar-refractivity contribution is 0.471. The van der Waals surface area contributed by atoms with Crippen LogP contribution in [0.15, 0.2) is 40.8 Å². The molecular weight excluding hydrogens is 254 g/mol. The molecule has 0 bridgehead atoms. The van der Waals surface area contributed by atoms with Crippen LogP contribution in [0.25, 0.3) is 22.3 Å². The van der Waals surface area contributed by atoms with E-state index in [9.17, 15) is 10.2 Å². The maximum absolute atomic E-state index is 9.58. The van der Waals surface area contributed by atoms with Gasteiger partial charge in [-0.15, -0.1) is 0 Å². The number of phenolic OH excluding ortho intramolecular Hbond substituents is 2. The summed E-state index contributed by atoms with van der Waals surface area (Å²) in [6.07, 6.45) is 0. The van der Waals surface area contributed by atoms with Crippen LogP contribution in [0.5, 0.6) is 11.5 Å². The van der Waals surface area contributed by atoms with Crippen LogP contribution in [0.3, 0.4) is 0 Å². The summed E-state index contributed by atoms with van der Waals surface area (Å²) >= 11 is 0. The molecule has 1 heterocycles. The van der Waals surface area contributed by atoms with Crippen LogP contribution in [-0.4, -0.2) is 10.2 Å². The first-order valence-corrected chi connectivity index (χ1v) is 6.05. The van der Waals surface area contributed by atoms with Gasteiger partial charge in [-0.3, -0.25) is 0 Å². The highest BCUT2D eigenvalue weighted by atomic mass is 16.3. The van der Waals surface area contributed by atoms with E-state index in [0.717, 1.165) is 11.1 Å². The molecule has 3 aromatic rings. The molecule has 0 aliphatic heterocycles. The predicted molar refractivity (Wildman–Crippen MR) is 74.4 cm³/mol. The van der Waals surface area contributed by atoms with Crippen molar-refractivity contribution in [2.24, 2.45) is 0 Å². The fourth-order valence-corrected chi connectivity index (χ4v) is 2.17. The number of phenols is 2. The van der Waals surface area contributed by atoms with Crippen molar-refractivity contribution in [1.29, 1.82) is 5.26 Å². The molecule has 0 saturated carbocycles. The second kappa shape index (κ2) is 4.32. The van der Waals surface area contributed by atoms with Crippen LogP contribution < -0.4 is 0 Å². The van der Waals surface area contributed by atoms with Gasteiger partial charge in [0.1, 0.15) is 23.3 Å². The fourth-order valence-electron chi connectivity index (χ4n) is 2.17. The number of aryl methyl sites for hydroxylation is 1. The van der Waals surface area contributed by atoms with Crippen molar-refractivity contribution in [3.05, 3.63) is 47.5 Å². The first-order chi connectivity index (χ1) is 9.58. The molecule has 1 aromatic heterocycles. The Kier molecular flexibility index (Phi) is 2.62. The predicted octanol–water partition coefficient (Wildman–Crippen LogP) is 3.69. The normalized spacial score (nSPS) is 10.6. The Morgan fingerprint density at radius 3 is 2.60 bits per heavy atom. The molecule has 0 unspecified atom stereocenters. The zero-order chi connectivity index (χ0) is 14.3. The van der Waals surface area contributed by atoms with Crippen molar-refractivity contribution in [2.45, 2.75) is 6.92 Å². The number of hydrogen-bond acceptors (Lipinski definition) is 4. The number of benzene rings is 2. The molecule has 2 N–H and O–H groups in total. The molecule has 2 aromatic carbocycles. The Morgan fingerprint density at radius 1 is 1.10 bits per heavy atom. The van der Waals surface area contributed by atoms with Gasteiger partial charge >= 0.3 is 0 Å². The average molecular weight is 265 g/mol. The van der Waals surface area contributed by atoms with Crippen molar-refractivity contribution >= 4 is 11.0 Å². The largest absolute Gasteiger partial charge is 0.508 e.